The van der Waals surface area contributed by atoms with Gasteiger partial charge in [-0.1, -0.05) is 27.7 Å². The third-order valence-electron chi connectivity index (χ3n) is 1.97. The zero-order valence-electron chi connectivity index (χ0n) is 8.70. The van der Waals surface area contributed by atoms with Crippen LogP contribution in [0, 0.1) is 0 Å². The molecule has 1 aromatic rings. The summed E-state index contributed by atoms with van der Waals surface area (Å²) in [5.74, 6) is 1.19. The van der Waals surface area contributed by atoms with E-state index in [9.17, 15) is 0 Å². The van der Waals surface area contributed by atoms with Gasteiger partial charge in [-0.3, -0.25) is 0 Å². The van der Waals surface area contributed by atoms with E-state index >= 15 is 0 Å². The summed E-state index contributed by atoms with van der Waals surface area (Å²) in [7, 11) is 0. The molecule has 72 valence electrons. The summed E-state index contributed by atoms with van der Waals surface area (Å²) in [5, 5.41) is 0. The molecule has 0 bridgehead atoms. The van der Waals surface area contributed by atoms with Crippen LogP contribution < -0.4 is 5.73 Å². The van der Waals surface area contributed by atoms with Gasteiger partial charge in [0.05, 0.1) is 0 Å². The molecule has 0 radical (unpaired) electrons. The number of anilines is 1. The Morgan fingerprint density at radius 2 is 1.38 bits per heavy atom. The minimum absolute atomic E-state index is 0.384. The third kappa shape index (κ3) is 2.41. The lowest BCUT2D eigenvalue weighted by Gasteiger charge is -2.09. The molecule has 1 aromatic heterocycles. The average molecular weight is 179 g/mol. The van der Waals surface area contributed by atoms with Gasteiger partial charge in [-0.15, -0.1) is 0 Å². The highest BCUT2D eigenvalue weighted by atomic mass is 15.0. The topological polar surface area (TPSA) is 51.8 Å². The van der Waals surface area contributed by atoms with Gasteiger partial charge in [-0.05, 0) is 17.9 Å². The van der Waals surface area contributed by atoms with Crippen LogP contribution in [0.15, 0.2) is 6.07 Å². The van der Waals surface area contributed by atoms with Gasteiger partial charge in [0.1, 0.15) is 0 Å². The summed E-state index contributed by atoms with van der Waals surface area (Å²) in [6, 6.07) is 2.03. The second-order valence-electron chi connectivity index (χ2n) is 3.89. The molecule has 0 aliphatic heterocycles. The Morgan fingerprint density at radius 3 is 1.69 bits per heavy atom. The molecule has 2 N–H and O–H groups in total. The highest BCUT2D eigenvalue weighted by molar-refractivity contribution is 5.25. The van der Waals surface area contributed by atoms with Crippen LogP contribution in [-0.2, 0) is 0 Å². The Labute approximate surface area is 79.4 Å². The monoisotopic (exact) mass is 179 g/mol. The molecule has 0 aliphatic carbocycles. The van der Waals surface area contributed by atoms with Crippen LogP contribution in [0.4, 0.5) is 5.95 Å². The van der Waals surface area contributed by atoms with Gasteiger partial charge in [0, 0.05) is 11.4 Å². The van der Waals surface area contributed by atoms with Crippen LogP contribution in [0.25, 0.3) is 0 Å². The van der Waals surface area contributed by atoms with E-state index in [0.717, 1.165) is 11.4 Å². The number of nitrogens with two attached hydrogens (primary N) is 1. The number of nitrogen functional groups attached to an aromatic ring is 1. The Morgan fingerprint density at radius 1 is 1.00 bits per heavy atom. The molecule has 0 amide bonds. The largest absolute Gasteiger partial charge is 0.368 e. The first-order chi connectivity index (χ1) is 6.00. The maximum Gasteiger partial charge on any atom is 0.220 e. The molecule has 0 aliphatic rings. The minimum atomic E-state index is 0.384. The van der Waals surface area contributed by atoms with Crippen molar-refractivity contribution < 1.29 is 0 Å². The number of hydrogen-bond acceptors (Lipinski definition) is 3. The normalized spacial score (nSPS) is 11.2. The molecular formula is C10H17N3. The van der Waals surface area contributed by atoms with E-state index < -0.39 is 0 Å². The van der Waals surface area contributed by atoms with Crippen LogP contribution in [0.2, 0.25) is 0 Å². The smallest absolute Gasteiger partial charge is 0.220 e. The van der Waals surface area contributed by atoms with Gasteiger partial charge in [0.25, 0.3) is 0 Å². The summed E-state index contributed by atoms with van der Waals surface area (Å²) >= 11 is 0. The maximum atomic E-state index is 5.61. The first-order valence-electron chi connectivity index (χ1n) is 4.65. The third-order valence-corrected chi connectivity index (χ3v) is 1.97. The van der Waals surface area contributed by atoms with Crippen molar-refractivity contribution in [2.24, 2.45) is 0 Å². The molecule has 0 unspecified atom stereocenters. The number of rotatable bonds is 2. The van der Waals surface area contributed by atoms with E-state index in [-0.39, 0.29) is 0 Å². The van der Waals surface area contributed by atoms with Crippen LogP contribution in [0.5, 0.6) is 0 Å². The highest BCUT2D eigenvalue weighted by Crippen LogP contribution is 2.18. The van der Waals surface area contributed by atoms with Crippen molar-refractivity contribution in [3.63, 3.8) is 0 Å². The molecule has 0 spiro atoms. The predicted octanol–water partition coefficient (Wildman–Crippen LogP) is 2.31. The number of hydrogen-bond donors (Lipinski definition) is 1. The molecule has 3 nitrogen and oxygen atoms in total. The molecule has 0 fully saturated rings. The van der Waals surface area contributed by atoms with E-state index in [2.05, 4.69) is 37.7 Å². The molecular weight excluding hydrogens is 162 g/mol. The van der Waals surface area contributed by atoms with Crippen molar-refractivity contribution in [1.29, 1.82) is 0 Å². The lowest BCUT2D eigenvalue weighted by Crippen LogP contribution is -2.05. The second-order valence-corrected chi connectivity index (χ2v) is 3.89. The van der Waals surface area contributed by atoms with Gasteiger partial charge in [0.15, 0.2) is 0 Å². The molecule has 0 saturated carbocycles. The Balaban J connectivity index is 3.11. The number of aromatic nitrogens is 2. The van der Waals surface area contributed by atoms with E-state index in [4.69, 9.17) is 5.73 Å². The zero-order valence-corrected chi connectivity index (χ0v) is 8.70. The van der Waals surface area contributed by atoms with Gasteiger partial charge < -0.3 is 5.73 Å². The van der Waals surface area contributed by atoms with Crippen LogP contribution in [0.3, 0.4) is 0 Å². The Kier molecular flexibility index (Phi) is 2.86. The van der Waals surface area contributed by atoms with Crippen molar-refractivity contribution >= 4 is 5.95 Å². The van der Waals surface area contributed by atoms with Crippen molar-refractivity contribution in [2.45, 2.75) is 39.5 Å². The van der Waals surface area contributed by atoms with Crippen molar-refractivity contribution in [3.8, 4) is 0 Å². The van der Waals surface area contributed by atoms with Crippen molar-refractivity contribution in [1.82, 2.24) is 9.97 Å². The highest BCUT2D eigenvalue weighted by Gasteiger charge is 2.07. The fourth-order valence-electron chi connectivity index (χ4n) is 1.10. The first-order valence-corrected chi connectivity index (χ1v) is 4.65. The molecule has 3 heteroatoms. The van der Waals surface area contributed by atoms with Crippen LogP contribution >= 0.6 is 0 Å². The Hall–Kier alpha value is -1.12. The minimum Gasteiger partial charge on any atom is -0.368 e. The standard InChI is InChI=1S/C10H17N3/c1-6(2)8-5-9(7(3)4)13-10(11)12-8/h5-7H,1-4H3,(H2,11,12,13). The average Bonchev–Trinajstić information content (AvgIpc) is 2.03. The SMILES string of the molecule is CC(C)c1cc(C(C)C)nc(N)n1. The van der Waals surface area contributed by atoms with Crippen molar-refractivity contribution in [3.05, 3.63) is 17.5 Å². The fourth-order valence-corrected chi connectivity index (χ4v) is 1.10. The molecule has 13 heavy (non-hydrogen) atoms. The quantitative estimate of drug-likeness (QED) is 0.758. The van der Waals surface area contributed by atoms with E-state index in [1.54, 1.807) is 0 Å². The van der Waals surface area contributed by atoms with Gasteiger partial charge in [-0.2, -0.15) is 0 Å². The first kappa shape index (κ1) is 9.96. The van der Waals surface area contributed by atoms with Gasteiger partial charge in [-0.25, -0.2) is 9.97 Å². The van der Waals surface area contributed by atoms with Crippen molar-refractivity contribution in [2.75, 3.05) is 5.73 Å². The molecule has 0 atom stereocenters. The summed E-state index contributed by atoms with van der Waals surface area (Å²) in [6.45, 7) is 8.41. The van der Waals surface area contributed by atoms with E-state index in [0.29, 0.717) is 17.8 Å². The van der Waals surface area contributed by atoms with Crippen LogP contribution in [0.1, 0.15) is 50.9 Å². The second kappa shape index (κ2) is 3.73. The maximum absolute atomic E-state index is 5.61. The molecule has 1 rings (SSSR count). The summed E-state index contributed by atoms with van der Waals surface area (Å²) < 4.78 is 0. The van der Waals surface area contributed by atoms with Crippen LogP contribution in [-0.4, -0.2) is 9.97 Å². The van der Waals surface area contributed by atoms with Gasteiger partial charge >= 0.3 is 0 Å². The lowest BCUT2D eigenvalue weighted by atomic mass is 10.1. The summed E-state index contributed by atoms with van der Waals surface area (Å²) in [6.07, 6.45) is 0. The summed E-state index contributed by atoms with van der Waals surface area (Å²) in [5.41, 5.74) is 7.66. The summed E-state index contributed by atoms with van der Waals surface area (Å²) in [4.78, 5) is 8.36. The number of nitrogens with zero attached hydrogens (tertiary/aromatic N) is 2. The van der Waals surface area contributed by atoms with E-state index in [1.807, 2.05) is 6.07 Å². The molecule has 0 saturated heterocycles. The Bertz CT molecular complexity index is 266. The van der Waals surface area contributed by atoms with E-state index in [1.165, 1.54) is 0 Å². The zero-order chi connectivity index (χ0) is 10.0. The lowest BCUT2D eigenvalue weighted by molar-refractivity contribution is 0.772. The molecule has 1 heterocycles. The van der Waals surface area contributed by atoms with Gasteiger partial charge in [0.2, 0.25) is 5.95 Å². The molecule has 0 aromatic carbocycles. The predicted molar refractivity (Wildman–Crippen MR) is 54.6 cm³/mol. The fraction of sp³-hybridized carbons (Fsp3) is 0.600.